The summed E-state index contributed by atoms with van der Waals surface area (Å²) in [5.74, 6) is 1.42. The lowest BCUT2D eigenvalue weighted by Crippen LogP contribution is -2.20. The summed E-state index contributed by atoms with van der Waals surface area (Å²) in [6.07, 6.45) is 1.77. The zero-order valence-electron chi connectivity index (χ0n) is 13.2. The highest BCUT2D eigenvalue weighted by Crippen LogP contribution is 2.11. The lowest BCUT2D eigenvalue weighted by atomic mass is 10.2. The van der Waals surface area contributed by atoms with Gasteiger partial charge in [-0.25, -0.2) is 13.1 Å². The molecule has 7 nitrogen and oxygen atoms in total. The molecule has 0 aromatic carbocycles. The van der Waals surface area contributed by atoms with Crippen molar-refractivity contribution in [2.24, 2.45) is 0 Å². The van der Waals surface area contributed by atoms with Crippen LogP contribution in [0.3, 0.4) is 0 Å². The van der Waals surface area contributed by atoms with Crippen LogP contribution in [0.2, 0.25) is 0 Å². The number of anilines is 1. The van der Waals surface area contributed by atoms with Crippen LogP contribution in [0.4, 0.5) is 5.82 Å². The number of aromatic nitrogens is 4. The second kappa shape index (κ2) is 6.43. The van der Waals surface area contributed by atoms with Gasteiger partial charge in [-0.15, -0.1) is 10.2 Å². The van der Waals surface area contributed by atoms with Crippen LogP contribution in [0, 0.1) is 13.8 Å². The molecular formula is C14H21N5O2S. The fraction of sp³-hybridized carbons (Fsp3) is 0.500. The molecule has 2 aromatic heterocycles. The molecule has 0 aliphatic rings. The number of rotatable bonds is 6. The third-order valence-corrected chi connectivity index (χ3v) is 4.17. The zero-order valence-corrected chi connectivity index (χ0v) is 14.1. The molecule has 2 aromatic rings. The standard InChI is InChI=1S/C14H21N5O2S/c1-10(7-8-22(4,20)21)15-13-5-6-14(17-16-13)19-12(3)9-11(2)18-19/h5-6,9-10H,7-8H2,1-4H3,(H,15,16). The molecular weight excluding hydrogens is 302 g/mol. The summed E-state index contributed by atoms with van der Waals surface area (Å²) < 4.78 is 24.1. The van der Waals surface area contributed by atoms with E-state index in [9.17, 15) is 8.42 Å². The minimum atomic E-state index is -2.94. The quantitative estimate of drug-likeness (QED) is 0.867. The first-order valence-corrected chi connectivity index (χ1v) is 9.12. The van der Waals surface area contributed by atoms with Crippen molar-refractivity contribution in [3.05, 3.63) is 29.6 Å². The van der Waals surface area contributed by atoms with E-state index in [-0.39, 0.29) is 11.8 Å². The number of hydrogen-bond donors (Lipinski definition) is 1. The minimum absolute atomic E-state index is 0.00330. The van der Waals surface area contributed by atoms with E-state index >= 15 is 0 Å². The average molecular weight is 323 g/mol. The molecule has 8 heteroatoms. The molecule has 0 aliphatic heterocycles. The van der Waals surface area contributed by atoms with Crippen LogP contribution in [-0.2, 0) is 9.84 Å². The molecule has 0 aliphatic carbocycles. The second-order valence-corrected chi connectivity index (χ2v) is 7.84. The predicted molar refractivity (Wildman–Crippen MR) is 86.0 cm³/mol. The Bertz CT molecular complexity index is 737. The third kappa shape index (κ3) is 4.52. The Labute approximate surface area is 130 Å². The van der Waals surface area contributed by atoms with Crippen molar-refractivity contribution in [3.8, 4) is 5.82 Å². The van der Waals surface area contributed by atoms with Gasteiger partial charge in [-0.3, -0.25) is 0 Å². The summed E-state index contributed by atoms with van der Waals surface area (Å²) in [5.41, 5.74) is 1.92. The van der Waals surface area contributed by atoms with Crippen LogP contribution >= 0.6 is 0 Å². The summed E-state index contributed by atoms with van der Waals surface area (Å²) >= 11 is 0. The van der Waals surface area contributed by atoms with Gasteiger partial charge < -0.3 is 5.32 Å². The van der Waals surface area contributed by atoms with Crippen molar-refractivity contribution >= 4 is 15.7 Å². The average Bonchev–Trinajstić information content (AvgIpc) is 2.76. The number of sulfone groups is 1. The molecule has 0 saturated carbocycles. The van der Waals surface area contributed by atoms with Gasteiger partial charge in [-0.05, 0) is 45.4 Å². The molecule has 22 heavy (non-hydrogen) atoms. The highest BCUT2D eigenvalue weighted by Gasteiger charge is 2.10. The summed E-state index contributed by atoms with van der Waals surface area (Å²) in [5, 5.41) is 15.8. The number of aryl methyl sites for hydroxylation is 2. The topological polar surface area (TPSA) is 89.8 Å². The summed E-state index contributed by atoms with van der Waals surface area (Å²) in [7, 11) is -2.94. The SMILES string of the molecule is Cc1cc(C)n(-c2ccc(NC(C)CCS(C)(=O)=O)nn2)n1. The monoisotopic (exact) mass is 323 g/mol. The Kier molecular flexibility index (Phi) is 4.80. The van der Waals surface area contributed by atoms with Crippen molar-refractivity contribution in [2.45, 2.75) is 33.2 Å². The lowest BCUT2D eigenvalue weighted by molar-refractivity contribution is 0.595. The fourth-order valence-corrected chi connectivity index (χ4v) is 2.87. The number of hydrogen-bond acceptors (Lipinski definition) is 6. The summed E-state index contributed by atoms with van der Waals surface area (Å²) in [4.78, 5) is 0. The maximum absolute atomic E-state index is 11.2. The fourth-order valence-electron chi connectivity index (χ4n) is 2.09. The molecule has 1 unspecified atom stereocenters. The van der Waals surface area contributed by atoms with Crippen LogP contribution in [-0.4, -0.2) is 46.4 Å². The molecule has 1 atom stereocenters. The molecule has 2 rings (SSSR count). The van der Waals surface area contributed by atoms with E-state index in [0.717, 1.165) is 11.4 Å². The highest BCUT2D eigenvalue weighted by molar-refractivity contribution is 7.90. The lowest BCUT2D eigenvalue weighted by Gasteiger charge is -2.13. The van der Waals surface area contributed by atoms with Crippen molar-refractivity contribution < 1.29 is 8.42 Å². The molecule has 0 saturated heterocycles. The van der Waals surface area contributed by atoms with Gasteiger partial charge >= 0.3 is 0 Å². The largest absolute Gasteiger partial charge is 0.366 e. The molecule has 1 N–H and O–H groups in total. The van der Waals surface area contributed by atoms with Gasteiger partial charge in [0, 0.05) is 18.0 Å². The first-order valence-electron chi connectivity index (χ1n) is 7.06. The molecule has 0 bridgehead atoms. The number of nitrogens with one attached hydrogen (secondary N) is 1. The third-order valence-electron chi connectivity index (χ3n) is 3.19. The van der Waals surface area contributed by atoms with Crippen molar-refractivity contribution in [3.63, 3.8) is 0 Å². The van der Waals surface area contributed by atoms with Crippen molar-refractivity contribution in [1.82, 2.24) is 20.0 Å². The Morgan fingerprint density at radius 3 is 2.50 bits per heavy atom. The molecule has 0 fully saturated rings. The van der Waals surface area contributed by atoms with E-state index in [2.05, 4.69) is 20.6 Å². The van der Waals surface area contributed by atoms with Gasteiger partial charge in [0.2, 0.25) is 0 Å². The smallest absolute Gasteiger partial charge is 0.176 e. The van der Waals surface area contributed by atoms with Gasteiger partial charge in [0.05, 0.1) is 11.4 Å². The Morgan fingerprint density at radius 2 is 2.00 bits per heavy atom. The van der Waals surface area contributed by atoms with E-state index in [1.54, 1.807) is 4.68 Å². The van der Waals surface area contributed by atoms with E-state index in [0.29, 0.717) is 18.1 Å². The van der Waals surface area contributed by atoms with Crippen LogP contribution in [0.1, 0.15) is 24.7 Å². The van der Waals surface area contributed by atoms with Gasteiger partial charge in [-0.1, -0.05) is 0 Å². The van der Waals surface area contributed by atoms with Crippen LogP contribution in [0.15, 0.2) is 18.2 Å². The first-order chi connectivity index (χ1) is 10.2. The van der Waals surface area contributed by atoms with E-state index < -0.39 is 9.84 Å². The Morgan fingerprint density at radius 1 is 1.27 bits per heavy atom. The van der Waals surface area contributed by atoms with Crippen molar-refractivity contribution in [2.75, 3.05) is 17.3 Å². The first kappa shape index (κ1) is 16.4. The van der Waals surface area contributed by atoms with Crippen LogP contribution in [0.5, 0.6) is 0 Å². The van der Waals surface area contributed by atoms with Crippen LogP contribution in [0.25, 0.3) is 5.82 Å². The molecule has 120 valence electrons. The summed E-state index contributed by atoms with van der Waals surface area (Å²) in [6, 6.07) is 5.62. The normalized spacial score (nSPS) is 13.1. The zero-order chi connectivity index (χ0) is 16.3. The van der Waals surface area contributed by atoms with Crippen LogP contribution < -0.4 is 5.32 Å². The van der Waals surface area contributed by atoms with E-state index in [4.69, 9.17) is 0 Å². The molecule has 2 heterocycles. The van der Waals surface area contributed by atoms with Gasteiger partial charge in [0.1, 0.15) is 15.7 Å². The maximum Gasteiger partial charge on any atom is 0.176 e. The van der Waals surface area contributed by atoms with Crippen molar-refractivity contribution in [1.29, 1.82) is 0 Å². The van der Waals surface area contributed by atoms with E-state index in [1.807, 2.05) is 39.0 Å². The predicted octanol–water partition coefficient (Wildman–Crippen LogP) is 1.51. The molecule has 0 radical (unpaired) electrons. The van der Waals surface area contributed by atoms with Gasteiger partial charge in [0.15, 0.2) is 5.82 Å². The second-order valence-electron chi connectivity index (χ2n) is 5.58. The van der Waals surface area contributed by atoms with Gasteiger partial charge in [0.25, 0.3) is 0 Å². The number of nitrogens with zero attached hydrogens (tertiary/aromatic N) is 4. The minimum Gasteiger partial charge on any atom is -0.366 e. The van der Waals surface area contributed by atoms with E-state index in [1.165, 1.54) is 6.26 Å². The Balaban J connectivity index is 2.01. The Hall–Kier alpha value is -1.96. The highest BCUT2D eigenvalue weighted by atomic mass is 32.2. The summed E-state index contributed by atoms with van der Waals surface area (Å²) in [6.45, 7) is 5.80. The molecule has 0 spiro atoms. The van der Waals surface area contributed by atoms with Gasteiger partial charge in [-0.2, -0.15) is 5.10 Å². The molecule has 0 amide bonds. The maximum atomic E-state index is 11.2.